The van der Waals surface area contributed by atoms with Crippen LogP contribution in [0.5, 0.6) is 0 Å². The van der Waals surface area contributed by atoms with E-state index in [1.54, 1.807) is 21.0 Å². The molecule has 0 unspecified atom stereocenters. The number of nitrogens with one attached hydrogen (secondary N) is 2. The third-order valence-electron chi connectivity index (χ3n) is 2.69. The van der Waals surface area contributed by atoms with E-state index in [9.17, 15) is 4.79 Å². The van der Waals surface area contributed by atoms with Gasteiger partial charge in [0.25, 0.3) is 5.91 Å². The lowest BCUT2D eigenvalue weighted by molar-refractivity contribution is -0.139. The normalized spacial score (nSPS) is 17.1. The number of hydrogen-bond donors (Lipinski definition) is 2. The number of amides is 1. The lowest BCUT2D eigenvalue weighted by Gasteiger charge is -2.23. The molecule has 1 aliphatic rings. The van der Waals surface area contributed by atoms with Gasteiger partial charge in [-0.05, 0) is 26.8 Å². The molecule has 0 saturated heterocycles. The fourth-order valence-corrected chi connectivity index (χ4v) is 1.33. The van der Waals surface area contributed by atoms with Crippen molar-refractivity contribution in [1.29, 1.82) is 0 Å². The molecule has 1 heterocycles. The molecule has 0 atom stereocenters. The predicted octanol–water partition coefficient (Wildman–Crippen LogP) is 0.447. The molecule has 1 aliphatic heterocycles. The molecule has 0 aromatic rings. The maximum Gasteiger partial charge on any atom is 0.251 e. The van der Waals surface area contributed by atoms with E-state index in [1.165, 1.54) is 5.57 Å². The molecule has 2 N–H and O–H groups in total. The van der Waals surface area contributed by atoms with E-state index >= 15 is 0 Å². The zero-order valence-electron chi connectivity index (χ0n) is 9.72. The summed E-state index contributed by atoms with van der Waals surface area (Å²) in [6.45, 7) is 6.06. The van der Waals surface area contributed by atoms with Crippen LogP contribution in [0.1, 0.15) is 20.3 Å². The molecule has 0 radical (unpaired) electrons. The molecule has 0 fully saturated rings. The Morgan fingerprint density at radius 1 is 1.67 bits per heavy atom. The Morgan fingerprint density at radius 3 is 2.93 bits per heavy atom. The predicted molar refractivity (Wildman–Crippen MR) is 59.7 cm³/mol. The topological polar surface area (TPSA) is 50.4 Å². The minimum Gasteiger partial charge on any atom is -0.369 e. The van der Waals surface area contributed by atoms with Gasteiger partial charge in [0.05, 0.1) is 0 Å². The van der Waals surface area contributed by atoms with Crippen LogP contribution < -0.4 is 10.6 Å². The quantitative estimate of drug-likeness (QED) is 0.665. The molecule has 15 heavy (non-hydrogen) atoms. The summed E-state index contributed by atoms with van der Waals surface area (Å²) in [4.78, 5) is 11.7. The molecule has 86 valence electrons. The average Bonchev–Trinajstić information content (AvgIpc) is 2.27. The molecule has 0 aromatic carbocycles. The minimum atomic E-state index is -0.743. The third kappa shape index (κ3) is 3.64. The van der Waals surface area contributed by atoms with Gasteiger partial charge in [0.15, 0.2) is 0 Å². The van der Waals surface area contributed by atoms with Crippen molar-refractivity contribution in [2.45, 2.75) is 25.9 Å². The highest BCUT2D eigenvalue weighted by Gasteiger charge is 2.26. The highest BCUT2D eigenvalue weighted by molar-refractivity contribution is 5.84. The maximum atomic E-state index is 11.7. The van der Waals surface area contributed by atoms with E-state index in [2.05, 4.69) is 16.7 Å². The first-order chi connectivity index (χ1) is 7.06. The van der Waals surface area contributed by atoms with E-state index in [0.29, 0.717) is 6.54 Å². The van der Waals surface area contributed by atoms with Gasteiger partial charge in [-0.25, -0.2) is 0 Å². The molecule has 0 spiro atoms. The van der Waals surface area contributed by atoms with Crippen molar-refractivity contribution in [2.75, 3.05) is 26.7 Å². The number of ether oxygens (including phenoxy) is 1. The molecule has 0 saturated carbocycles. The molecule has 4 heteroatoms. The number of methoxy groups -OCH3 is 1. The van der Waals surface area contributed by atoms with E-state index in [0.717, 1.165) is 19.5 Å². The smallest absolute Gasteiger partial charge is 0.251 e. The van der Waals surface area contributed by atoms with Gasteiger partial charge in [-0.2, -0.15) is 0 Å². The highest BCUT2D eigenvalue weighted by Crippen LogP contribution is 2.08. The van der Waals surface area contributed by atoms with Crippen LogP contribution in [-0.2, 0) is 9.53 Å². The van der Waals surface area contributed by atoms with Gasteiger partial charge in [0.2, 0.25) is 0 Å². The van der Waals surface area contributed by atoms with Crippen molar-refractivity contribution in [3.05, 3.63) is 11.6 Å². The molecule has 0 bridgehead atoms. The summed E-state index contributed by atoms with van der Waals surface area (Å²) in [5.74, 6) is -0.0653. The number of carbonyl (C=O) groups is 1. The van der Waals surface area contributed by atoms with Crippen LogP contribution in [0.2, 0.25) is 0 Å². The van der Waals surface area contributed by atoms with Crippen molar-refractivity contribution in [1.82, 2.24) is 10.6 Å². The van der Waals surface area contributed by atoms with Gasteiger partial charge in [-0.1, -0.05) is 11.6 Å². The Morgan fingerprint density at radius 2 is 2.40 bits per heavy atom. The monoisotopic (exact) mass is 212 g/mol. The standard InChI is InChI=1S/C11H20N2O2/c1-11(2,15-3)10(14)13-8-9-4-6-12-7-5-9/h4,12H,5-8H2,1-3H3,(H,13,14). The first-order valence-corrected chi connectivity index (χ1v) is 5.28. The van der Waals surface area contributed by atoms with Crippen LogP contribution in [0.3, 0.4) is 0 Å². The maximum absolute atomic E-state index is 11.7. The zero-order valence-corrected chi connectivity index (χ0v) is 9.72. The molecule has 4 nitrogen and oxygen atoms in total. The molecular weight excluding hydrogens is 192 g/mol. The van der Waals surface area contributed by atoms with Gasteiger partial charge in [-0.3, -0.25) is 4.79 Å². The molecule has 1 amide bonds. The lowest BCUT2D eigenvalue weighted by Crippen LogP contribution is -2.44. The third-order valence-corrected chi connectivity index (χ3v) is 2.69. The van der Waals surface area contributed by atoms with Crippen molar-refractivity contribution < 1.29 is 9.53 Å². The molecule has 1 rings (SSSR count). The van der Waals surface area contributed by atoms with Gasteiger partial charge in [-0.15, -0.1) is 0 Å². The first-order valence-electron chi connectivity index (χ1n) is 5.28. The summed E-state index contributed by atoms with van der Waals surface area (Å²) in [5.41, 5.74) is 0.544. The zero-order chi connectivity index (χ0) is 11.3. The molecule has 0 aromatic heterocycles. The van der Waals surface area contributed by atoms with E-state index in [4.69, 9.17) is 4.74 Å². The Labute approximate surface area is 91.1 Å². The first kappa shape index (κ1) is 12.2. The van der Waals surface area contributed by atoms with Crippen LogP contribution in [0, 0.1) is 0 Å². The summed E-state index contributed by atoms with van der Waals surface area (Å²) in [6.07, 6.45) is 3.14. The fourth-order valence-electron chi connectivity index (χ4n) is 1.33. The summed E-state index contributed by atoms with van der Waals surface area (Å²) in [7, 11) is 1.55. The van der Waals surface area contributed by atoms with Crippen molar-refractivity contribution in [2.24, 2.45) is 0 Å². The van der Waals surface area contributed by atoms with Crippen molar-refractivity contribution >= 4 is 5.91 Å². The lowest BCUT2D eigenvalue weighted by atomic mass is 10.1. The number of hydrogen-bond acceptors (Lipinski definition) is 3. The second kappa shape index (κ2) is 5.28. The summed E-state index contributed by atoms with van der Waals surface area (Å²) in [6, 6.07) is 0. The SMILES string of the molecule is COC(C)(C)C(=O)NCC1=CCNCC1. The van der Waals surface area contributed by atoms with Gasteiger partial charge in [0.1, 0.15) is 5.60 Å². The van der Waals surface area contributed by atoms with E-state index in [-0.39, 0.29) is 5.91 Å². The van der Waals surface area contributed by atoms with Crippen molar-refractivity contribution in [3.8, 4) is 0 Å². The van der Waals surface area contributed by atoms with E-state index < -0.39 is 5.60 Å². The minimum absolute atomic E-state index is 0.0653. The van der Waals surface area contributed by atoms with Crippen LogP contribution in [0.4, 0.5) is 0 Å². The summed E-state index contributed by atoms with van der Waals surface area (Å²) in [5, 5.41) is 6.11. The average molecular weight is 212 g/mol. The van der Waals surface area contributed by atoms with Gasteiger partial charge >= 0.3 is 0 Å². The van der Waals surface area contributed by atoms with Crippen LogP contribution in [0.15, 0.2) is 11.6 Å². The molecule has 0 aliphatic carbocycles. The highest BCUT2D eigenvalue weighted by atomic mass is 16.5. The fraction of sp³-hybridized carbons (Fsp3) is 0.727. The van der Waals surface area contributed by atoms with Crippen LogP contribution in [0.25, 0.3) is 0 Å². The number of carbonyl (C=O) groups excluding carboxylic acids is 1. The second-order valence-corrected chi connectivity index (χ2v) is 4.21. The number of rotatable bonds is 4. The summed E-state index contributed by atoms with van der Waals surface area (Å²) < 4.78 is 5.10. The van der Waals surface area contributed by atoms with Crippen molar-refractivity contribution in [3.63, 3.8) is 0 Å². The second-order valence-electron chi connectivity index (χ2n) is 4.21. The Kier molecular flexibility index (Phi) is 4.29. The summed E-state index contributed by atoms with van der Waals surface area (Å²) >= 11 is 0. The van der Waals surface area contributed by atoms with Gasteiger partial charge < -0.3 is 15.4 Å². The van der Waals surface area contributed by atoms with Crippen LogP contribution >= 0.6 is 0 Å². The van der Waals surface area contributed by atoms with E-state index in [1.807, 2.05) is 0 Å². The Bertz CT molecular complexity index is 259. The largest absolute Gasteiger partial charge is 0.369 e. The molecular formula is C11H20N2O2. The Balaban J connectivity index is 2.36. The van der Waals surface area contributed by atoms with Gasteiger partial charge in [0, 0.05) is 20.2 Å². The van der Waals surface area contributed by atoms with Crippen LogP contribution in [-0.4, -0.2) is 38.3 Å². The Hall–Kier alpha value is -0.870.